The number of thioether (sulfide) groups is 1. The number of aliphatic imine (C=N–C) groups is 1. The fourth-order valence-corrected chi connectivity index (χ4v) is 4.41. The van der Waals surface area contributed by atoms with Crippen LogP contribution in [0.1, 0.15) is 5.56 Å². The quantitative estimate of drug-likeness (QED) is 0.363. The molecule has 2 aromatic heterocycles. The highest BCUT2D eigenvalue weighted by Gasteiger charge is 2.24. The summed E-state index contributed by atoms with van der Waals surface area (Å²) in [7, 11) is 1.82. The van der Waals surface area contributed by atoms with Crippen LogP contribution in [-0.4, -0.2) is 28.1 Å². The number of fused-ring (bicyclic) bond motifs is 1. The van der Waals surface area contributed by atoms with Crippen molar-refractivity contribution in [3.63, 3.8) is 0 Å². The molecule has 0 radical (unpaired) electrons. The van der Waals surface area contributed by atoms with Gasteiger partial charge in [0, 0.05) is 24.2 Å². The van der Waals surface area contributed by atoms with E-state index < -0.39 is 0 Å². The summed E-state index contributed by atoms with van der Waals surface area (Å²) in [6.07, 6.45) is 3.61. The highest BCUT2D eigenvalue weighted by Crippen LogP contribution is 2.34. The minimum Gasteiger partial charge on any atom is -0.373 e. The molecule has 6 nitrogen and oxygen atoms in total. The molecule has 3 heterocycles. The van der Waals surface area contributed by atoms with Gasteiger partial charge in [0.05, 0.1) is 26.8 Å². The van der Waals surface area contributed by atoms with E-state index in [9.17, 15) is 4.79 Å². The Bertz CT molecular complexity index is 1450. The van der Waals surface area contributed by atoms with Gasteiger partial charge in [-0.25, -0.2) is 9.98 Å². The number of anilines is 1. The molecule has 4 aromatic rings. The van der Waals surface area contributed by atoms with Crippen molar-refractivity contribution in [2.24, 2.45) is 4.99 Å². The Kier molecular flexibility index (Phi) is 5.81. The van der Waals surface area contributed by atoms with Crippen LogP contribution in [-0.2, 0) is 4.79 Å². The highest BCUT2D eigenvalue weighted by atomic mass is 35.5. The molecule has 5 rings (SSSR count). The monoisotopic (exact) mass is 471 g/mol. The van der Waals surface area contributed by atoms with E-state index >= 15 is 0 Å². The Morgan fingerprint density at radius 2 is 2.00 bits per heavy atom. The summed E-state index contributed by atoms with van der Waals surface area (Å²) >= 11 is 7.68. The van der Waals surface area contributed by atoms with E-state index in [1.54, 1.807) is 12.3 Å². The number of amides is 1. The van der Waals surface area contributed by atoms with Gasteiger partial charge in [0.25, 0.3) is 5.91 Å². The van der Waals surface area contributed by atoms with Gasteiger partial charge in [0.2, 0.25) is 0 Å². The predicted molar refractivity (Wildman–Crippen MR) is 137 cm³/mol. The first kappa shape index (κ1) is 21.2. The summed E-state index contributed by atoms with van der Waals surface area (Å²) in [4.78, 5) is 26.6. The average Bonchev–Trinajstić information content (AvgIpc) is 3.18. The first-order valence-electron chi connectivity index (χ1n) is 10.2. The fourth-order valence-electron chi connectivity index (χ4n) is 3.42. The van der Waals surface area contributed by atoms with Crippen molar-refractivity contribution in [3.8, 4) is 11.3 Å². The Morgan fingerprint density at radius 1 is 1.09 bits per heavy atom. The number of hydrogen-bond acceptors (Lipinski definition) is 6. The number of amidine groups is 1. The number of hydrogen-bond donors (Lipinski definition) is 2. The SMILES string of the molecule is CNc1cccc(-c2ccc(Cl)c(N=C3NC(=O)C(=Cc4ccc5ncccc5c4)S3)c2)n1. The van der Waals surface area contributed by atoms with Crippen LogP contribution >= 0.6 is 23.4 Å². The molecule has 2 N–H and O–H groups in total. The van der Waals surface area contributed by atoms with Crippen molar-refractivity contribution < 1.29 is 4.79 Å². The average molecular weight is 472 g/mol. The molecule has 33 heavy (non-hydrogen) atoms. The largest absolute Gasteiger partial charge is 0.373 e. The van der Waals surface area contributed by atoms with Crippen LogP contribution in [0, 0.1) is 0 Å². The maximum absolute atomic E-state index is 12.5. The molecule has 1 amide bonds. The zero-order chi connectivity index (χ0) is 22.8. The van der Waals surface area contributed by atoms with Crippen LogP contribution < -0.4 is 10.6 Å². The first-order chi connectivity index (χ1) is 16.1. The van der Waals surface area contributed by atoms with Crippen LogP contribution in [0.15, 0.2) is 82.8 Å². The summed E-state index contributed by atoms with van der Waals surface area (Å²) in [6, 6.07) is 21.1. The molecular weight excluding hydrogens is 454 g/mol. The van der Waals surface area contributed by atoms with E-state index in [-0.39, 0.29) is 5.91 Å². The van der Waals surface area contributed by atoms with Gasteiger partial charge in [-0.15, -0.1) is 0 Å². The van der Waals surface area contributed by atoms with Crippen LogP contribution in [0.5, 0.6) is 0 Å². The number of aromatic nitrogens is 2. The van der Waals surface area contributed by atoms with Crippen molar-refractivity contribution >= 4 is 62.9 Å². The fraction of sp³-hybridized carbons (Fsp3) is 0.0400. The van der Waals surface area contributed by atoms with Crippen LogP contribution in [0.2, 0.25) is 5.02 Å². The van der Waals surface area contributed by atoms with Crippen molar-refractivity contribution in [2.45, 2.75) is 0 Å². The Balaban J connectivity index is 1.43. The third kappa shape index (κ3) is 4.60. The molecular formula is C25H18ClN5OS. The van der Waals surface area contributed by atoms with E-state index in [1.807, 2.05) is 73.8 Å². The lowest BCUT2D eigenvalue weighted by Gasteiger charge is -2.06. The van der Waals surface area contributed by atoms with Crippen molar-refractivity contribution in [2.75, 3.05) is 12.4 Å². The highest BCUT2D eigenvalue weighted by molar-refractivity contribution is 8.18. The molecule has 1 aliphatic heterocycles. The minimum atomic E-state index is -0.194. The Labute approximate surface area is 199 Å². The lowest BCUT2D eigenvalue weighted by Crippen LogP contribution is -2.19. The van der Waals surface area contributed by atoms with Gasteiger partial charge in [-0.1, -0.05) is 35.9 Å². The summed E-state index contributed by atoms with van der Waals surface area (Å²) in [6.45, 7) is 0. The predicted octanol–water partition coefficient (Wildman–Crippen LogP) is 5.88. The molecule has 162 valence electrons. The Hall–Kier alpha value is -3.68. The van der Waals surface area contributed by atoms with Crippen molar-refractivity contribution in [1.82, 2.24) is 15.3 Å². The van der Waals surface area contributed by atoms with Crippen LogP contribution in [0.4, 0.5) is 11.5 Å². The number of rotatable bonds is 4. The lowest BCUT2D eigenvalue weighted by atomic mass is 10.1. The van der Waals surface area contributed by atoms with Crippen molar-refractivity contribution in [3.05, 3.63) is 88.4 Å². The second kappa shape index (κ2) is 9.05. The second-order valence-corrected chi connectivity index (χ2v) is 8.70. The van der Waals surface area contributed by atoms with Gasteiger partial charge in [-0.05, 0) is 65.9 Å². The van der Waals surface area contributed by atoms with Crippen LogP contribution in [0.25, 0.3) is 28.2 Å². The maximum atomic E-state index is 12.5. The molecule has 0 aliphatic carbocycles. The molecule has 1 saturated heterocycles. The maximum Gasteiger partial charge on any atom is 0.264 e. The first-order valence-corrected chi connectivity index (χ1v) is 11.4. The van der Waals surface area contributed by atoms with Gasteiger partial charge in [0.15, 0.2) is 5.17 Å². The second-order valence-electron chi connectivity index (χ2n) is 7.26. The third-order valence-electron chi connectivity index (χ3n) is 5.04. The van der Waals surface area contributed by atoms with E-state index in [0.717, 1.165) is 33.5 Å². The van der Waals surface area contributed by atoms with E-state index in [0.29, 0.717) is 20.8 Å². The summed E-state index contributed by atoms with van der Waals surface area (Å²) in [5.41, 5.74) is 4.08. The molecule has 0 unspecified atom stereocenters. The number of pyridine rings is 2. The number of carbonyl (C=O) groups is 1. The normalized spacial score (nSPS) is 15.9. The smallest absolute Gasteiger partial charge is 0.264 e. The molecule has 0 atom stereocenters. The summed E-state index contributed by atoms with van der Waals surface area (Å²) in [5, 5.41) is 7.84. The van der Waals surface area contributed by atoms with Crippen molar-refractivity contribution in [1.29, 1.82) is 0 Å². The zero-order valence-corrected chi connectivity index (χ0v) is 19.1. The topological polar surface area (TPSA) is 79.3 Å². The standard InChI is InChI=1S/C25H18ClN5OS/c1-27-23-6-2-5-20(29-23)17-8-9-18(26)21(14-17)30-25-31-24(32)22(33-25)13-15-7-10-19-16(12-15)4-3-11-28-19/h2-14H,1H3,(H,27,29)(H,30,31,32). The zero-order valence-electron chi connectivity index (χ0n) is 17.5. The number of carbonyl (C=O) groups excluding carboxylic acids is 1. The van der Waals surface area contributed by atoms with Crippen LogP contribution in [0.3, 0.4) is 0 Å². The van der Waals surface area contributed by atoms with E-state index in [2.05, 4.69) is 25.6 Å². The van der Waals surface area contributed by atoms with Gasteiger partial charge in [0.1, 0.15) is 5.82 Å². The molecule has 1 fully saturated rings. The van der Waals surface area contributed by atoms with E-state index in [4.69, 9.17) is 11.6 Å². The number of nitrogens with zero attached hydrogens (tertiary/aromatic N) is 3. The molecule has 0 bridgehead atoms. The summed E-state index contributed by atoms with van der Waals surface area (Å²) in [5.74, 6) is 0.578. The minimum absolute atomic E-state index is 0.194. The van der Waals surface area contributed by atoms with E-state index in [1.165, 1.54) is 11.8 Å². The van der Waals surface area contributed by atoms with Gasteiger partial charge < -0.3 is 10.6 Å². The molecule has 1 aliphatic rings. The molecule has 8 heteroatoms. The van der Waals surface area contributed by atoms with Gasteiger partial charge >= 0.3 is 0 Å². The lowest BCUT2D eigenvalue weighted by molar-refractivity contribution is -0.115. The number of nitrogens with one attached hydrogen (secondary N) is 2. The molecule has 0 spiro atoms. The van der Waals surface area contributed by atoms with Gasteiger partial charge in [-0.2, -0.15) is 0 Å². The van der Waals surface area contributed by atoms with Gasteiger partial charge in [-0.3, -0.25) is 9.78 Å². The molecule has 0 saturated carbocycles. The number of benzene rings is 2. The summed E-state index contributed by atoms with van der Waals surface area (Å²) < 4.78 is 0. The number of halogens is 1. The third-order valence-corrected chi connectivity index (χ3v) is 6.27. The Morgan fingerprint density at radius 3 is 2.88 bits per heavy atom. The molecule has 2 aromatic carbocycles.